The summed E-state index contributed by atoms with van der Waals surface area (Å²) in [5, 5.41) is 2.66. The van der Waals surface area contributed by atoms with E-state index >= 15 is 0 Å². The number of hydrogen-bond acceptors (Lipinski definition) is 4. The number of amides is 2. The maximum Gasteiger partial charge on any atom is 0.239 e. The van der Waals surface area contributed by atoms with Gasteiger partial charge in [-0.1, -0.05) is 0 Å². The summed E-state index contributed by atoms with van der Waals surface area (Å²) in [7, 11) is 1.52. The number of hydrogen-bond donors (Lipinski definition) is 2. The van der Waals surface area contributed by atoms with E-state index in [-0.39, 0.29) is 30.9 Å². The fourth-order valence-electron chi connectivity index (χ4n) is 1.44. The lowest BCUT2D eigenvalue weighted by Crippen LogP contribution is -2.50. The lowest BCUT2D eigenvalue weighted by Gasteiger charge is -2.27. The molecule has 1 aliphatic heterocycles. The molecular weight excluding hydrogens is 198 g/mol. The highest BCUT2D eigenvalue weighted by Crippen LogP contribution is 2.02. The van der Waals surface area contributed by atoms with Crippen LogP contribution in [0, 0.1) is 0 Å². The largest absolute Gasteiger partial charge is 0.380 e. The highest BCUT2D eigenvalue weighted by atomic mass is 16.5. The van der Waals surface area contributed by atoms with Crippen molar-refractivity contribution >= 4 is 11.8 Å². The maximum absolute atomic E-state index is 11.7. The van der Waals surface area contributed by atoms with E-state index in [1.165, 1.54) is 12.0 Å². The van der Waals surface area contributed by atoms with E-state index in [1.54, 1.807) is 0 Å². The predicted molar refractivity (Wildman–Crippen MR) is 54.1 cm³/mol. The van der Waals surface area contributed by atoms with Crippen molar-refractivity contribution in [2.45, 2.75) is 12.5 Å². The second-order valence-electron chi connectivity index (χ2n) is 3.46. The fraction of sp³-hybridized carbons (Fsp3) is 0.778. The third kappa shape index (κ3) is 3.49. The topological polar surface area (TPSA) is 84.7 Å². The molecule has 0 aromatic heterocycles. The summed E-state index contributed by atoms with van der Waals surface area (Å²) in [6.45, 7) is 1.53. The van der Waals surface area contributed by atoms with Gasteiger partial charge in [-0.2, -0.15) is 0 Å². The van der Waals surface area contributed by atoms with Gasteiger partial charge in [0.15, 0.2) is 0 Å². The van der Waals surface area contributed by atoms with E-state index in [2.05, 4.69) is 5.32 Å². The van der Waals surface area contributed by atoms with Crippen LogP contribution in [0.5, 0.6) is 0 Å². The van der Waals surface area contributed by atoms with Gasteiger partial charge in [-0.05, 0) is 0 Å². The standard InChI is InChI=1S/C9H17N3O3/c1-15-7(5-10)4-9(14)12-3-2-11-8(13)6-12/h7H,2-6,10H2,1H3,(H,11,13). The van der Waals surface area contributed by atoms with E-state index in [4.69, 9.17) is 10.5 Å². The molecule has 0 aromatic carbocycles. The van der Waals surface area contributed by atoms with Crippen LogP contribution in [0.3, 0.4) is 0 Å². The molecule has 0 aliphatic carbocycles. The number of carbonyl (C=O) groups is 2. The molecule has 0 radical (unpaired) electrons. The predicted octanol–water partition coefficient (Wildman–Crippen LogP) is -1.69. The zero-order chi connectivity index (χ0) is 11.3. The zero-order valence-electron chi connectivity index (χ0n) is 8.86. The van der Waals surface area contributed by atoms with Gasteiger partial charge in [-0.25, -0.2) is 0 Å². The van der Waals surface area contributed by atoms with Gasteiger partial charge >= 0.3 is 0 Å². The van der Waals surface area contributed by atoms with Crippen LogP contribution in [-0.4, -0.2) is 56.1 Å². The SMILES string of the molecule is COC(CN)CC(=O)N1CCNC(=O)C1. The van der Waals surface area contributed by atoms with Crippen LogP contribution in [0.25, 0.3) is 0 Å². The molecule has 0 bridgehead atoms. The minimum atomic E-state index is -0.262. The lowest BCUT2D eigenvalue weighted by atomic mass is 10.2. The quantitative estimate of drug-likeness (QED) is 0.586. The summed E-state index contributed by atoms with van der Waals surface area (Å²) < 4.78 is 5.01. The molecule has 1 rings (SSSR count). The van der Waals surface area contributed by atoms with Gasteiger partial charge in [0.1, 0.15) is 0 Å². The van der Waals surface area contributed by atoms with Crippen molar-refractivity contribution in [1.82, 2.24) is 10.2 Å². The Kier molecular flexibility index (Phi) is 4.51. The summed E-state index contributed by atoms with van der Waals surface area (Å²) in [4.78, 5) is 24.3. The molecule has 1 fully saturated rings. The van der Waals surface area contributed by atoms with Gasteiger partial charge in [0, 0.05) is 26.7 Å². The van der Waals surface area contributed by atoms with Crippen LogP contribution in [0.15, 0.2) is 0 Å². The number of nitrogens with zero attached hydrogens (tertiary/aromatic N) is 1. The number of nitrogens with two attached hydrogens (primary N) is 1. The zero-order valence-corrected chi connectivity index (χ0v) is 8.86. The van der Waals surface area contributed by atoms with Crippen molar-refractivity contribution in [3.05, 3.63) is 0 Å². The second kappa shape index (κ2) is 5.67. The first-order valence-electron chi connectivity index (χ1n) is 4.94. The molecule has 6 nitrogen and oxygen atoms in total. The minimum absolute atomic E-state index is 0.0813. The smallest absolute Gasteiger partial charge is 0.239 e. The van der Waals surface area contributed by atoms with Crippen molar-refractivity contribution in [3.63, 3.8) is 0 Å². The Labute approximate surface area is 88.7 Å². The Morgan fingerprint density at radius 2 is 2.47 bits per heavy atom. The van der Waals surface area contributed by atoms with Gasteiger partial charge in [0.05, 0.1) is 19.1 Å². The molecule has 0 aromatic rings. The average molecular weight is 215 g/mol. The van der Waals surface area contributed by atoms with Gasteiger partial charge in [0.25, 0.3) is 0 Å². The first kappa shape index (κ1) is 11.9. The molecule has 86 valence electrons. The van der Waals surface area contributed by atoms with Gasteiger partial charge in [0.2, 0.25) is 11.8 Å². The van der Waals surface area contributed by atoms with E-state index in [0.29, 0.717) is 19.6 Å². The van der Waals surface area contributed by atoms with E-state index in [1.807, 2.05) is 0 Å². The molecule has 1 unspecified atom stereocenters. The highest BCUT2D eigenvalue weighted by molar-refractivity contribution is 5.86. The van der Waals surface area contributed by atoms with Crippen molar-refractivity contribution in [2.75, 3.05) is 33.3 Å². The number of piperazine rings is 1. The van der Waals surface area contributed by atoms with Crippen LogP contribution < -0.4 is 11.1 Å². The first-order valence-corrected chi connectivity index (χ1v) is 4.94. The molecule has 2 amide bonds. The fourth-order valence-corrected chi connectivity index (χ4v) is 1.44. The summed E-state index contributed by atoms with van der Waals surface area (Å²) in [6, 6.07) is 0. The van der Waals surface area contributed by atoms with Crippen molar-refractivity contribution in [1.29, 1.82) is 0 Å². The summed E-state index contributed by atoms with van der Waals surface area (Å²) in [5.41, 5.74) is 5.41. The molecule has 1 aliphatic rings. The number of methoxy groups -OCH3 is 1. The number of ether oxygens (including phenoxy) is 1. The van der Waals surface area contributed by atoms with Crippen LogP contribution in [-0.2, 0) is 14.3 Å². The van der Waals surface area contributed by atoms with E-state index < -0.39 is 0 Å². The van der Waals surface area contributed by atoms with Crippen LogP contribution in [0.4, 0.5) is 0 Å². The van der Waals surface area contributed by atoms with Gasteiger partial charge in [-0.15, -0.1) is 0 Å². The number of nitrogens with one attached hydrogen (secondary N) is 1. The Hall–Kier alpha value is -1.14. The third-order valence-corrected chi connectivity index (χ3v) is 2.39. The molecule has 6 heteroatoms. The normalized spacial score (nSPS) is 18.5. The second-order valence-corrected chi connectivity index (χ2v) is 3.46. The molecule has 1 atom stereocenters. The van der Waals surface area contributed by atoms with Crippen LogP contribution >= 0.6 is 0 Å². The Bertz CT molecular complexity index is 241. The van der Waals surface area contributed by atoms with Gasteiger partial charge in [-0.3, -0.25) is 9.59 Å². The molecule has 1 heterocycles. The Morgan fingerprint density at radius 1 is 1.73 bits per heavy atom. The number of carbonyl (C=O) groups excluding carboxylic acids is 2. The first-order chi connectivity index (χ1) is 7.17. The Balaban J connectivity index is 2.41. The molecular formula is C9H17N3O3. The molecule has 1 saturated heterocycles. The monoisotopic (exact) mass is 215 g/mol. The van der Waals surface area contributed by atoms with E-state index in [9.17, 15) is 9.59 Å². The lowest BCUT2D eigenvalue weighted by molar-refractivity contribution is -0.139. The van der Waals surface area contributed by atoms with Gasteiger partial charge < -0.3 is 20.7 Å². The maximum atomic E-state index is 11.7. The Morgan fingerprint density at radius 3 is 3.00 bits per heavy atom. The minimum Gasteiger partial charge on any atom is -0.380 e. The van der Waals surface area contributed by atoms with Crippen LogP contribution in [0.1, 0.15) is 6.42 Å². The summed E-state index contributed by atoms with van der Waals surface area (Å²) in [6.07, 6.45) is -0.0252. The highest BCUT2D eigenvalue weighted by Gasteiger charge is 2.23. The van der Waals surface area contributed by atoms with Crippen molar-refractivity contribution in [3.8, 4) is 0 Å². The number of rotatable bonds is 4. The molecule has 3 N–H and O–H groups in total. The molecule has 0 spiro atoms. The average Bonchev–Trinajstić information content (AvgIpc) is 2.25. The summed E-state index contributed by atoms with van der Waals surface area (Å²) >= 11 is 0. The molecule has 0 saturated carbocycles. The third-order valence-electron chi connectivity index (χ3n) is 2.39. The molecule has 15 heavy (non-hydrogen) atoms. The van der Waals surface area contributed by atoms with Crippen molar-refractivity contribution in [2.24, 2.45) is 5.73 Å². The van der Waals surface area contributed by atoms with E-state index in [0.717, 1.165) is 0 Å². The summed E-state index contributed by atoms with van der Waals surface area (Å²) in [5.74, 6) is -0.196. The van der Waals surface area contributed by atoms with Crippen molar-refractivity contribution < 1.29 is 14.3 Å². The van der Waals surface area contributed by atoms with Crippen LogP contribution in [0.2, 0.25) is 0 Å².